The Morgan fingerprint density at radius 2 is 2.04 bits per heavy atom. The van der Waals surface area contributed by atoms with Crippen molar-refractivity contribution in [2.45, 2.75) is 12.3 Å². The van der Waals surface area contributed by atoms with Gasteiger partial charge in [0.2, 0.25) is 0 Å². The zero-order valence-corrected chi connectivity index (χ0v) is 13.5. The van der Waals surface area contributed by atoms with Crippen LogP contribution >= 0.6 is 0 Å². The van der Waals surface area contributed by atoms with Crippen molar-refractivity contribution >= 4 is 17.3 Å². The number of ether oxygens (including phenoxy) is 1. The van der Waals surface area contributed by atoms with Crippen molar-refractivity contribution in [3.05, 3.63) is 36.7 Å². The molecule has 1 aliphatic heterocycles. The molecule has 2 N–H and O–H groups in total. The van der Waals surface area contributed by atoms with Crippen molar-refractivity contribution in [2.75, 3.05) is 30.3 Å². The fourth-order valence-corrected chi connectivity index (χ4v) is 2.89. The number of fused-ring (bicyclic) bond motifs is 1. The summed E-state index contributed by atoms with van der Waals surface area (Å²) in [6.07, 6.45) is -3.02. The molecular formula is C16H15F3N6O. The number of hydrogen-bond donors (Lipinski definition) is 1. The zero-order chi connectivity index (χ0) is 18.3. The maximum Gasteiger partial charge on any atom is 0.416 e. The number of nitrogens with two attached hydrogens (primary N) is 1. The van der Waals surface area contributed by atoms with Gasteiger partial charge in [-0.3, -0.25) is 0 Å². The van der Waals surface area contributed by atoms with Crippen molar-refractivity contribution in [2.24, 2.45) is 0 Å². The molecule has 1 saturated heterocycles. The molecule has 136 valence electrons. The molecule has 4 rings (SSSR count). The summed E-state index contributed by atoms with van der Waals surface area (Å²) in [5.41, 5.74) is 7.75. The van der Waals surface area contributed by atoms with Crippen LogP contribution in [0.2, 0.25) is 0 Å². The normalized spacial score (nSPS) is 18.4. The largest absolute Gasteiger partial charge is 0.416 e. The van der Waals surface area contributed by atoms with Crippen LogP contribution in [0.4, 0.5) is 24.8 Å². The Kier molecular flexibility index (Phi) is 3.91. The van der Waals surface area contributed by atoms with E-state index in [9.17, 15) is 13.2 Å². The van der Waals surface area contributed by atoms with E-state index in [1.54, 1.807) is 46.1 Å². The highest BCUT2D eigenvalue weighted by Crippen LogP contribution is 2.28. The first-order chi connectivity index (χ1) is 12.4. The molecule has 0 aliphatic carbocycles. The molecule has 3 aromatic rings. The van der Waals surface area contributed by atoms with Crippen LogP contribution in [0.5, 0.6) is 0 Å². The van der Waals surface area contributed by atoms with E-state index in [0.717, 1.165) is 5.56 Å². The van der Waals surface area contributed by atoms with Gasteiger partial charge in [-0.2, -0.15) is 13.2 Å². The molecule has 10 heteroatoms. The highest BCUT2D eigenvalue weighted by Gasteiger charge is 2.43. The van der Waals surface area contributed by atoms with E-state index in [1.165, 1.54) is 0 Å². The van der Waals surface area contributed by atoms with Gasteiger partial charge in [-0.1, -0.05) is 0 Å². The summed E-state index contributed by atoms with van der Waals surface area (Å²) < 4.78 is 45.3. The van der Waals surface area contributed by atoms with Crippen LogP contribution < -0.4 is 10.6 Å². The fourth-order valence-electron chi connectivity index (χ4n) is 2.89. The highest BCUT2D eigenvalue weighted by molar-refractivity contribution is 5.65. The third kappa shape index (κ3) is 3.03. The van der Waals surface area contributed by atoms with E-state index < -0.39 is 12.3 Å². The summed E-state index contributed by atoms with van der Waals surface area (Å²) in [5, 5.41) is 4.48. The second-order valence-corrected chi connectivity index (χ2v) is 5.92. The van der Waals surface area contributed by atoms with Gasteiger partial charge in [0.25, 0.3) is 0 Å². The van der Waals surface area contributed by atoms with Crippen LogP contribution in [-0.2, 0) is 4.74 Å². The fraction of sp³-hybridized carbons (Fsp3) is 0.312. The van der Waals surface area contributed by atoms with Crippen LogP contribution in [0, 0.1) is 0 Å². The van der Waals surface area contributed by atoms with Crippen molar-refractivity contribution in [1.29, 1.82) is 0 Å². The molecule has 0 aromatic carbocycles. The summed E-state index contributed by atoms with van der Waals surface area (Å²) in [6.45, 7) is 0.0210. The number of imidazole rings is 1. The summed E-state index contributed by atoms with van der Waals surface area (Å²) in [7, 11) is 0. The van der Waals surface area contributed by atoms with Crippen molar-refractivity contribution < 1.29 is 17.9 Å². The third-order valence-electron chi connectivity index (χ3n) is 4.18. The van der Waals surface area contributed by atoms with Crippen molar-refractivity contribution in [3.8, 4) is 11.3 Å². The van der Waals surface area contributed by atoms with E-state index >= 15 is 0 Å². The number of hydrogen-bond acceptors (Lipinski definition) is 6. The number of anilines is 2. The molecule has 0 bridgehead atoms. The maximum atomic E-state index is 13.0. The molecular weight excluding hydrogens is 349 g/mol. The number of rotatable bonds is 2. The molecule has 3 aromatic heterocycles. The summed E-state index contributed by atoms with van der Waals surface area (Å²) in [5.74, 6) is 0.783. The number of halogens is 3. The smallest absolute Gasteiger partial charge is 0.384 e. The van der Waals surface area contributed by atoms with Crippen molar-refractivity contribution in [3.63, 3.8) is 0 Å². The predicted molar refractivity (Wildman–Crippen MR) is 88.6 cm³/mol. The Morgan fingerprint density at radius 1 is 1.19 bits per heavy atom. The van der Waals surface area contributed by atoms with Gasteiger partial charge in [-0.25, -0.2) is 14.5 Å². The minimum atomic E-state index is -4.41. The first-order valence-electron chi connectivity index (χ1n) is 7.92. The SMILES string of the molecule is Nc1cc(-c2cnc3ccc(N4CCOC(C(F)(F)F)C4)nn23)ccn1. The number of alkyl halides is 3. The molecule has 1 atom stereocenters. The van der Waals surface area contributed by atoms with E-state index in [0.29, 0.717) is 29.5 Å². The number of nitrogens with zero attached hydrogens (tertiary/aromatic N) is 5. The third-order valence-corrected chi connectivity index (χ3v) is 4.18. The van der Waals surface area contributed by atoms with E-state index in [2.05, 4.69) is 15.1 Å². The molecule has 26 heavy (non-hydrogen) atoms. The topological polar surface area (TPSA) is 81.6 Å². The van der Waals surface area contributed by atoms with Crippen LogP contribution in [0.3, 0.4) is 0 Å². The summed E-state index contributed by atoms with van der Waals surface area (Å²) in [4.78, 5) is 9.79. The van der Waals surface area contributed by atoms with Crippen LogP contribution in [0.1, 0.15) is 0 Å². The van der Waals surface area contributed by atoms with E-state index in [1.807, 2.05) is 0 Å². The standard InChI is InChI=1S/C16H15F3N6O/c17-16(18,19)12-9-24(5-6-26-12)15-2-1-14-22-8-11(25(14)23-15)10-3-4-21-13(20)7-10/h1-4,7-8,12H,5-6,9H2,(H2,20,21). The lowest BCUT2D eigenvalue weighted by atomic mass is 10.2. The molecule has 7 nitrogen and oxygen atoms in total. The van der Waals surface area contributed by atoms with Gasteiger partial charge in [0, 0.05) is 18.3 Å². The van der Waals surface area contributed by atoms with Crippen LogP contribution in [0.25, 0.3) is 16.9 Å². The lowest BCUT2D eigenvalue weighted by molar-refractivity contribution is -0.221. The number of morpholine rings is 1. The van der Waals surface area contributed by atoms with Gasteiger partial charge in [0.1, 0.15) is 11.6 Å². The minimum absolute atomic E-state index is 0.0123. The predicted octanol–water partition coefficient (Wildman–Crippen LogP) is 2.14. The molecule has 0 spiro atoms. The monoisotopic (exact) mass is 364 g/mol. The number of aromatic nitrogens is 4. The second-order valence-electron chi connectivity index (χ2n) is 5.92. The Morgan fingerprint density at radius 3 is 2.81 bits per heavy atom. The van der Waals surface area contributed by atoms with Crippen LogP contribution in [-0.4, -0.2) is 51.6 Å². The molecule has 1 unspecified atom stereocenters. The minimum Gasteiger partial charge on any atom is -0.384 e. The lowest BCUT2D eigenvalue weighted by Crippen LogP contribution is -2.49. The number of nitrogen functional groups attached to an aromatic ring is 1. The highest BCUT2D eigenvalue weighted by atomic mass is 19.4. The van der Waals surface area contributed by atoms with Crippen molar-refractivity contribution in [1.82, 2.24) is 19.6 Å². The average Bonchev–Trinajstić information content (AvgIpc) is 3.04. The van der Waals surface area contributed by atoms with Gasteiger partial charge in [0.05, 0.1) is 25.0 Å². The molecule has 1 aliphatic rings. The number of pyridine rings is 1. The Balaban J connectivity index is 1.70. The van der Waals surface area contributed by atoms with E-state index in [-0.39, 0.29) is 13.2 Å². The first-order valence-corrected chi connectivity index (χ1v) is 7.92. The Labute approximate surface area is 146 Å². The van der Waals surface area contributed by atoms with Gasteiger partial charge in [-0.05, 0) is 24.3 Å². The van der Waals surface area contributed by atoms with Gasteiger partial charge in [-0.15, -0.1) is 5.10 Å². The van der Waals surface area contributed by atoms with Gasteiger partial charge >= 0.3 is 6.18 Å². The summed E-state index contributed by atoms with van der Waals surface area (Å²) in [6, 6.07) is 6.83. The van der Waals surface area contributed by atoms with E-state index in [4.69, 9.17) is 10.5 Å². The maximum absolute atomic E-state index is 13.0. The van der Waals surface area contributed by atoms with Gasteiger partial charge < -0.3 is 15.4 Å². The molecule has 0 saturated carbocycles. The second kappa shape index (κ2) is 6.13. The molecule has 1 fully saturated rings. The average molecular weight is 364 g/mol. The molecule has 0 radical (unpaired) electrons. The molecule has 0 amide bonds. The lowest BCUT2D eigenvalue weighted by Gasteiger charge is -2.34. The van der Waals surface area contributed by atoms with Crippen LogP contribution in [0.15, 0.2) is 36.7 Å². The summed E-state index contributed by atoms with van der Waals surface area (Å²) >= 11 is 0. The zero-order valence-electron chi connectivity index (χ0n) is 13.5. The molecule has 4 heterocycles. The first kappa shape index (κ1) is 16.6. The Bertz CT molecular complexity index is 941. The van der Waals surface area contributed by atoms with Gasteiger partial charge in [0.15, 0.2) is 11.8 Å². The Hall–Kier alpha value is -2.88. The quantitative estimate of drug-likeness (QED) is 0.750.